The number of aliphatic hydroxyl groups excluding tert-OH is 1. The van der Waals surface area contributed by atoms with E-state index in [4.69, 9.17) is 0 Å². The lowest BCUT2D eigenvalue weighted by Crippen LogP contribution is -2.35. The van der Waals surface area contributed by atoms with Crippen LogP contribution < -0.4 is 0 Å². The molecule has 0 saturated heterocycles. The Kier molecular flexibility index (Phi) is 4.21. The van der Waals surface area contributed by atoms with Gasteiger partial charge in [0.15, 0.2) is 0 Å². The van der Waals surface area contributed by atoms with Crippen molar-refractivity contribution in [2.45, 2.75) is 51.6 Å². The molecule has 17 heavy (non-hydrogen) atoms. The van der Waals surface area contributed by atoms with Crippen molar-refractivity contribution in [3.63, 3.8) is 0 Å². The third-order valence-electron chi connectivity index (χ3n) is 3.99. The molecule has 2 nitrogen and oxygen atoms in total. The predicted molar refractivity (Wildman–Crippen MR) is 72.8 cm³/mol. The first-order valence-electron chi connectivity index (χ1n) is 6.38. The predicted octanol–water partition coefficient (Wildman–Crippen LogP) is 3.72. The van der Waals surface area contributed by atoms with E-state index in [9.17, 15) is 5.11 Å². The first-order chi connectivity index (χ1) is 8.10. The van der Waals surface area contributed by atoms with Crippen molar-refractivity contribution in [2.24, 2.45) is 5.41 Å². The third-order valence-corrected chi connectivity index (χ3v) is 4.42. The second-order valence-corrected chi connectivity index (χ2v) is 6.36. The van der Waals surface area contributed by atoms with Crippen LogP contribution in [0.2, 0.25) is 0 Å². The molecule has 0 aromatic carbocycles. The van der Waals surface area contributed by atoms with E-state index in [0.717, 1.165) is 22.9 Å². The van der Waals surface area contributed by atoms with Crippen LogP contribution in [0, 0.1) is 5.41 Å². The normalized spacial score (nSPS) is 21.1. The zero-order chi connectivity index (χ0) is 12.3. The van der Waals surface area contributed by atoms with Crippen molar-refractivity contribution in [3.8, 4) is 0 Å². The van der Waals surface area contributed by atoms with Crippen LogP contribution >= 0.6 is 15.9 Å². The second-order valence-electron chi connectivity index (χ2n) is 5.45. The first kappa shape index (κ1) is 13.0. The summed E-state index contributed by atoms with van der Waals surface area (Å²) in [5, 5.41) is 10.4. The highest BCUT2D eigenvalue weighted by atomic mass is 79.9. The van der Waals surface area contributed by atoms with E-state index in [2.05, 4.69) is 27.8 Å². The van der Waals surface area contributed by atoms with Gasteiger partial charge in [-0.05, 0) is 45.8 Å². The molecular formula is C14H20BrNO. The van der Waals surface area contributed by atoms with Crippen LogP contribution in [0.4, 0.5) is 0 Å². The molecule has 1 heterocycles. The van der Waals surface area contributed by atoms with Crippen molar-refractivity contribution in [1.82, 2.24) is 4.98 Å². The summed E-state index contributed by atoms with van der Waals surface area (Å²) in [6.07, 6.45) is 10.2. The van der Waals surface area contributed by atoms with Crippen molar-refractivity contribution in [3.05, 3.63) is 28.5 Å². The number of aromatic nitrogens is 1. The fraction of sp³-hybridized carbons (Fsp3) is 0.643. The molecular weight excluding hydrogens is 278 g/mol. The molecule has 1 unspecified atom stereocenters. The number of halogens is 1. The van der Waals surface area contributed by atoms with Gasteiger partial charge in [0.05, 0.1) is 6.10 Å². The number of nitrogens with zero attached hydrogens (tertiary/aromatic N) is 1. The molecule has 1 aromatic rings. The second kappa shape index (κ2) is 5.49. The van der Waals surface area contributed by atoms with E-state index in [-0.39, 0.29) is 11.5 Å². The summed E-state index contributed by atoms with van der Waals surface area (Å²) >= 11 is 3.42. The highest BCUT2D eigenvalue weighted by Gasteiger charge is 2.34. The van der Waals surface area contributed by atoms with Gasteiger partial charge in [0.2, 0.25) is 0 Å². The topological polar surface area (TPSA) is 33.1 Å². The van der Waals surface area contributed by atoms with Gasteiger partial charge in [0.25, 0.3) is 0 Å². The van der Waals surface area contributed by atoms with Crippen molar-refractivity contribution >= 4 is 15.9 Å². The molecule has 1 aromatic heterocycles. The van der Waals surface area contributed by atoms with Gasteiger partial charge in [-0.1, -0.05) is 26.2 Å². The summed E-state index contributed by atoms with van der Waals surface area (Å²) in [6, 6.07) is 2.04. The van der Waals surface area contributed by atoms with Gasteiger partial charge < -0.3 is 5.11 Å². The maximum Gasteiger partial charge on any atom is 0.0634 e. The third kappa shape index (κ3) is 3.29. The average molecular weight is 298 g/mol. The van der Waals surface area contributed by atoms with Crippen LogP contribution in [-0.4, -0.2) is 16.2 Å². The molecule has 2 rings (SSSR count). The standard InChI is InChI=1S/C14H20BrNO/c1-14(5-3-2-4-6-14)13(17)8-11-7-12(15)10-16-9-11/h7,9-10,13,17H,2-6,8H2,1H3. The largest absolute Gasteiger partial charge is 0.392 e. The summed E-state index contributed by atoms with van der Waals surface area (Å²) in [7, 11) is 0. The van der Waals surface area contributed by atoms with E-state index in [1.54, 1.807) is 6.20 Å². The van der Waals surface area contributed by atoms with Crippen LogP contribution in [0.1, 0.15) is 44.6 Å². The molecule has 94 valence electrons. The Balaban J connectivity index is 2.02. The average Bonchev–Trinajstić information content (AvgIpc) is 2.30. The lowest BCUT2D eigenvalue weighted by Gasteiger charge is -2.38. The number of rotatable bonds is 3. The van der Waals surface area contributed by atoms with Crippen molar-refractivity contribution < 1.29 is 5.11 Å². The molecule has 1 fully saturated rings. The zero-order valence-corrected chi connectivity index (χ0v) is 11.9. The minimum atomic E-state index is -0.251. The molecule has 0 bridgehead atoms. The fourth-order valence-electron chi connectivity index (χ4n) is 2.73. The summed E-state index contributed by atoms with van der Waals surface area (Å²) < 4.78 is 0.982. The van der Waals surface area contributed by atoms with Crippen molar-refractivity contribution in [1.29, 1.82) is 0 Å². The van der Waals surface area contributed by atoms with Crippen LogP contribution in [0.3, 0.4) is 0 Å². The number of hydrogen-bond donors (Lipinski definition) is 1. The zero-order valence-electron chi connectivity index (χ0n) is 10.3. The van der Waals surface area contributed by atoms with Gasteiger partial charge in [-0.3, -0.25) is 4.98 Å². The Morgan fingerprint density at radius 1 is 1.35 bits per heavy atom. The van der Waals surface area contributed by atoms with Crippen LogP contribution in [-0.2, 0) is 6.42 Å². The molecule has 0 spiro atoms. The first-order valence-corrected chi connectivity index (χ1v) is 7.17. The van der Waals surface area contributed by atoms with Crippen LogP contribution in [0.5, 0.6) is 0 Å². The highest BCUT2D eigenvalue weighted by molar-refractivity contribution is 9.10. The lowest BCUT2D eigenvalue weighted by molar-refractivity contribution is 0.0103. The molecule has 1 atom stereocenters. The van der Waals surface area contributed by atoms with Crippen molar-refractivity contribution in [2.75, 3.05) is 0 Å². The van der Waals surface area contributed by atoms with Crippen LogP contribution in [0.15, 0.2) is 22.9 Å². The molecule has 1 N–H and O–H groups in total. The molecule has 1 saturated carbocycles. The van der Waals surface area contributed by atoms with Gasteiger partial charge in [-0.2, -0.15) is 0 Å². The Labute approximate surface area is 112 Å². The monoisotopic (exact) mass is 297 g/mol. The van der Waals surface area contributed by atoms with E-state index >= 15 is 0 Å². The van der Waals surface area contributed by atoms with Gasteiger partial charge in [0.1, 0.15) is 0 Å². The maximum absolute atomic E-state index is 10.4. The Morgan fingerprint density at radius 2 is 2.06 bits per heavy atom. The number of hydrogen-bond acceptors (Lipinski definition) is 2. The van der Waals surface area contributed by atoms with Gasteiger partial charge >= 0.3 is 0 Å². The summed E-state index contributed by atoms with van der Waals surface area (Å²) in [5.74, 6) is 0. The van der Waals surface area contributed by atoms with Crippen LogP contribution in [0.25, 0.3) is 0 Å². The van der Waals surface area contributed by atoms with Gasteiger partial charge in [-0.25, -0.2) is 0 Å². The lowest BCUT2D eigenvalue weighted by atomic mass is 9.70. The summed E-state index contributed by atoms with van der Waals surface area (Å²) in [5.41, 5.74) is 1.21. The number of pyridine rings is 1. The number of aliphatic hydroxyl groups is 1. The van der Waals surface area contributed by atoms with Gasteiger partial charge in [0, 0.05) is 23.3 Å². The molecule has 1 aliphatic rings. The van der Waals surface area contributed by atoms with E-state index in [0.29, 0.717) is 6.42 Å². The SMILES string of the molecule is CC1(C(O)Cc2cncc(Br)c2)CCCCC1. The molecule has 3 heteroatoms. The fourth-order valence-corrected chi connectivity index (χ4v) is 3.14. The Morgan fingerprint density at radius 3 is 2.71 bits per heavy atom. The maximum atomic E-state index is 10.4. The molecule has 0 radical (unpaired) electrons. The van der Waals surface area contributed by atoms with E-state index in [1.807, 2.05) is 12.3 Å². The Hall–Kier alpha value is -0.410. The van der Waals surface area contributed by atoms with Gasteiger partial charge in [-0.15, -0.1) is 0 Å². The van der Waals surface area contributed by atoms with E-state index in [1.165, 1.54) is 19.3 Å². The smallest absolute Gasteiger partial charge is 0.0634 e. The molecule has 1 aliphatic carbocycles. The quantitative estimate of drug-likeness (QED) is 0.922. The Bertz CT molecular complexity index is 374. The van der Waals surface area contributed by atoms with E-state index < -0.39 is 0 Å². The summed E-state index contributed by atoms with van der Waals surface area (Å²) in [6.45, 7) is 2.22. The molecule has 0 aliphatic heterocycles. The molecule has 0 amide bonds. The summed E-state index contributed by atoms with van der Waals surface area (Å²) in [4.78, 5) is 4.15. The minimum Gasteiger partial charge on any atom is -0.392 e. The minimum absolute atomic E-state index is 0.0978. The highest BCUT2D eigenvalue weighted by Crippen LogP contribution is 2.39.